The van der Waals surface area contributed by atoms with Crippen molar-refractivity contribution in [2.75, 3.05) is 12.9 Å². The van der Waals surface area contributed by atoms with E-state index < -0.39 is 0 Å². The van der Waals surface area contributed by atoms with E-state index in [9.17, 15) is 4.79 Å². The molecule has 0 N–H and O–H groups in total. The minimum absolute atomic E-state index is 0.390. The molecule has 0 bridgehead atoms. The molecule has 1 atom stereocenters. The molecule has 6 heteroatoms. The summed E-state index contributed by atoms with van der Waals surface area (Å²) >= 11 is 2.00. The zero-order valence-corrected chi connectivity index (χ0v) is 12.2. The molecule has 2 aromatic heterocycles. The monoisotopic (exact) mass is 291 g/mol. The lowest BCUT2D eigenvalue weighted by atomic mass is 10.1. The number of esters is 1. The number of pyridine rings is 1. The number of aromatic nitrogens is 3. The molecule has 1 unspecified atom stereocenters. The molecular formula is C14H17N3O2S. The van der Waals surface area contributed by atoms with Crippen molar-refractivity contribution in [1.82, 2.24) is 14.6 Å². The van der Waals surface area contributed by atoms with Crippen LogP contribution in [-0.2, 0) is 11.2 Å². The molecule has 5 nitrogen and oxygen atoms in total. The van der Waals surface area contributed by atoms with Crippen LogP contribution in [0.4, 0.5) is 0 Å². The van der Waals surface area contributed by atoms with E-state index in [1.807, 2.05) is 17.8 Å². The molecule has 0 aromatic carbocycles. The van der Waals surface area contributed by atoms with E-state index in [1.54, 1.807) is 16.6 Å². The van der Waals surface area contributed by atoms with Crippen molar-refractivity contribution in [3.8, 4) is 0 Å². The topological polar surface area (TPSA) is 56.5 Å². The molecule has 106 valence electrons. The second kappa shape index (κ2) is 5.83. The van der Waals surface area contributed by atoms with Gasteiger partial charge in [-0.1, -0.05) is 12.5 Å². The van der Waals surface area contributed by atoms with Gasteiger partial charge in [0.05, 0.1) is 7.11 Å². The Balaban J connectivity index is 1.88. The van der Waals surface area contributed by atoms with Gasteiger partial charge in [-0.25, -0.2) is 14.3 Å². The van der Waals surface area contributed by atoms with Crippen LogP contribution in [-0.4, -0.2) is 38.7 Å². The van der Waals surface area contributed by atoms with Crippen molar-refractivity contribution < 1.29 is 9.53 Å². The van der Waals surface area contributed by atoms with Crippen molar-refractivity contribution >= 4 is 23.4 Å². The van der Waals surface area contributed by atoms with Gasteiger partial charge in [-0.3, -0.25) is 0 Å². The number of nitrogens with zero attached hydrogens (tertiary/aromatic N) is 3. The molecule has 0 aliphatic carbocycles. The Morgan fingerprint density at radius 1 is 1.50 bits per heavy atom. The Kier molecular flexibility index (Phi) is 3.91. The van der Waals surface area contributed by atoms with E-state index in [1.165, 1.54) is 32.1 Å². The smallest absolute Gasteiger partial charge is 0.356 e. The van der Waals surface area contributed by atoms with Crippen LogP contribution in [0.15, 0.2) is 18.2 Å². The fourth-order valence-electron chi connectivity index (χ4n) is 2.47. The van der Waals surface area contributed by atoms with Gasteiger partial charge in [-0.15, -0.1) is 0 Å². The quantitative estimate of drug-likeness (QED) is 0.812. The van der Waals surface area contributed by atoms with Crippen LogP contribution < -0.4 is 0 Å². The van der Waals surface area contributed by atoms with Crippen LogP contribution in [0.5, 0.6) is 0 Å². The lowest BCUT2D eigenvalue weighted by Gasteiger charge is -2.19. The van der Waals surface area contributed by atoms with Gasteiger partial charge >= 0.3 is 5.97 Å². The van der Waals surface area contributed by atoms with Gasteiger partial charge in [0.25, 0.3) is 0 Å². The van der Waals surface area contributed by atoms with Gasteiger partial charge in [0.15, 0.2) is 17.2 Å². The van der Waals surface area contributed by atoms with Gasteiger partial charge in [0.2, 0.25) is 0 Å². The largest absolute Gasteiger partial charge is 0.464 e. The number of hydrogen-bond acceptors (Lipinski definition) is 5. The molecule has 2 aromatic rings. The third kappa shape index (κ3) is 2.65. The summed E-state index contributed by atoms with van der Waals surface area (Å²) in [7, 11) is 1.37. The molecule has 1 aliphatic rings. The van der Waals surface area contributed by atoms with E-state index in [-0.39, 0.29) is 5.97 Å². The molecule has 3 heterocycles. The number of carbonyl (C=O) groups is 1. The Morgan fingerprint density at radius 3 is 3.15 bits per heavy atom. The van der Waals surface area contributed by atoms with E-state index in [4.69, 9.17) is 4.74 Å². The first kappa shape index (κ1) is 13.4. The standard InChI is InChI=1S/C14H17N3O2S/c1-19-14(18)11-6-4-7-13-15-12(16-17(11)13)9-10-5-2-3-8-20-10/h4,6-7,10H,2-3,5,8-9H2,1H3. The minimum atomic E-state index is -0.390. The van der Waals surface area contributed by atoms with E-state index >= 15 is 0 Å². The van der Waals surface area contributed by atoms with Crippen LogP contribution >= 0.6 is 11.8 Å². The number of hydrogen-bond donors (Lipinski definition) is 0. The van der Waals surface area contributed by atoms with Gasteiger partial charge in [-0.2, -0.15) is 16.9 Å². The number of rotatable bonds is 3. The Labute approximate surface area is 121 Å². The maximum atomic E-state index is 11.7. The predicted octanol–water partition coefficient (Wildman–Crippen LogP) is 2.34. The first-order valence-corrected chi connectivity index (χ1v) is 7.87. The summed E-state index contributed by atoms with van der Waals surface area (Å²) in [5.74, 6) is 1.64. The molecule has 1 aliphatic heterocycles. The van der Waals surface area contributed by atoms with E-state index in [0.29, 0.717) is 16.6 Å². The fourth-order valence-corrected chi connectivity index (χ4v) is 3.77. The summed E-state index contributed by atoms with van der Waals surface area (Å²) in [6.07, 6.45) is 4.70. The highest BCUT2D eigenvalue weighted by Crippen LogP contribution is 2.27. The summed E-state index contributed by atoms with van der Waals surface area (Å²) in [5, 5.41) is 5.07. The first-order valence-electron chi connectivity index (χ1n) is 6.82. The highest BCUT2D eigenvalue weighted by Gasteiger charge is 2.18. The fraction of sp³-hybridized carbons (Fsp3) is 0.500. The molecule has 0 amide bonds. The maximum Gasteiger partial charge on any atom is 0.356 e. The summed E-state index contributed by atoms with van der Waals surface area (Å²) in [6, 6.07) is 5.36. The van der Waals surface area contributed by atoms with Gasteiger partial charge in [0, 0.05) is 11.7 Å². The first-order chi connectivity index (χ1) is 9.78. The van der Waals surface area contributed by atoms with Crippen LogP contribution in [0.25, 0.3) is 5.65 Å². The number of methoxy groups -OCH3 is 1. The highest BCUT2D eigenvalue weighted by atomic mass is 32.2. The van der Waals surface area contributed by atoms with Crippen molar-refractivity contribution in [2.45, 2.75) is 30.9 Å². The van der Waals surface area contributed by atoms with Gasteiger partial charge in [0.1, 0.15) is 0 Å². The van der Waals surface area contributed by atoms with Gasteiger partial charge in [-0.05, 0) is 30.7 Å². The minimum Gasteiger partial charge on any atom is -0.464 e. The van der Waals surface area contributed by atoms with Crippen LogP contribution in [0.2, 0.25) is 0 Å². The zero-order valence-electron chi connectivity index (χ0n) is 11.4. The summed E-state index contributed by atoms with van der Waals surface area (Å²) in [6.45, 7) is 0. The molecule has 0 spiro atoms. The average molecular weight is 291 g/mol. The summed E-state index contributed by atoms with van der Waals surface area (Å²) < 4.78 is 6.35. The van der Waals surface area contributed by atoms with Crippen molar-refractivity contribution in [3.63, 3.8) is 0 Å². The number of ether oxygens (including phenoxy) is 1. The number of carbonyl (C=O) groups excluding carboxylic acids is 1. The average Bonchev–Trinajstić information content (AvgIpc) is 2.89. The summed E-state index contributed by atoms with van der Waals surface area (Å²) in [4.78, 5) is 16.2. The second-order valence-corrected chi connectivity index (χ2v) is 6.30. The third-order valence-corrected chi connectivity index (χ3v) is 4.88. The molecular weight excluding hydrogens is 274 g/mol. The van der Waals surface area contributed by atoms with Crippen molar-refractivity contribution in [3.05, 3.63) is 29.7 Å². The summed E-state index contributed by atoms with van der Waals surface area (Å²) in [5.41, 5.74) is 1.11. The predicted molar refractivity (Wildman–Crippen MR) is 78.1 cm³/mol. The lowest BCUT2D eigenvalue weighted by molar-refractivity contribution is 0.0591. The van der Waals surface area contributed by atoms with Crippen LogP contribution in [0, 0.1) is 0 Å². The zero-order chi connectivity index (χ0) is 13.9. The number of fused-ring (bicyclic) bond motifs is 1. The maximum absolute atomic E-state index is 11.7. The van der Waals surface area contributed by atoms with Gasteiger partial charge < -0.3 is 4.74 Å². The molecule has 1 saturated heterocycles. The Bertz CT molecular complexity index is 620. The SMILES string of the molecule is COC(=O)c1cccc2nc(CC3CCCCS3)nn12. The third-order valence-electron chi connectivity index (χ3n) is 3.48. The Morgan fingerprint density at radius 2 is 2.40 bits per heavy atom. The van der Waals surface area contributed by atoms with E-state index in [2.05, 4.69) is 10.1 Å². The Hall–Kier alpha value is -1.56. The molecule has 0 saturated carbocycles. The normalized spacial score (nSPS) is 19.1. The van der Waals surface area contributed by atoms with Crippen molar-refractivity contribution in [2.24, 2.45) is 0 Å². The van der Waals surface area contributed by atoms with E-state index in [0.717, 1.165) is 12.2 Å². The number of thioether (sulfide) groups is 1. The molecule has 0 radical (unpaired) electrons. The van der Waals surface area contributed by atoms with Crippen LogP contribution in [0.1, 0.15) is 35.6 Å². The molecule has 20 heavy (non-hydrogen) atoms. The van der Waals surface area contributed by atoms with Crippen molar-refractivity contribution in [1.29, 1.82) is 0 Å². The van der Waals surface area contributed by atoms with Crippen LogP contribution in [0.3, 0.4) is 0 Å². The molecule has 1 fully saturated rings. The molecule has 3 rings (SSSR count). The second-order valence-electron chi connectivity index (χ2n) is 4.89. The highest BCUT2D eigenvalue weighted by molar-refractivity contribution is 7.99. The lowest BCUT2D eigenvalue weighted by Crippen LogP contribution is -2.13.